The Morgan fingerprint density at radius 2 is 1.67 bits per heavy atom. The van der Waals surface area contributed by atoms with Gasteiger partial charge in [-0.05, 0) is 56.6 Å². The van der Waals surface area contributed by atoms with Gasteiger partial charge in [0.1, 0.15) is 0 Å². The SMILES string of the molecule is CN(C)CCN(C)c1ccc(NC(=O)c2ccc(C(F)(F)F)cc2Cl)cc1. The maximum absolute atomic E-state index is 12.7. The molecule has 0 saturated heterocycles. The van der Waals surface area contributed by atoms with Crippen molar-refractivity contribution in [3.05, 3.63) is 58.6 Å². The molecule has 0 aliphatic rings. The molecule has 0 aromatic heterocycles. The average Bonchev–Trinajstić information content (AvgIpc) is 2.59. The second kappa shape index (κ2) is 8.63. The van der Waals surface area contributed by atoms with Crippen LogP contribution in [0.3, 0.4) is 0 Å². The summed E-state index contributed by atoms with van der Waals surface area (Å²) in [6, 6.07) is 9.85. The molecule has 146 valence electrons. The number of nitrogens with zero attached hydrogens (tertiary/aromatic N) is 2. The molecule has 2 rings (SSSR count). The van der Waals surface area contributed by atoms with Crippen LogP contribution in [0.25, 0.3) is 0 Å². The Bertz CT molecular complexity index is 792. The van der Waals surface area contributed by atoms with E-state index in [0.29, 0.717) is 5.69 Å². The quantitative estimate of drug-likeness (QED) is 0.770. The number of rotatable bonds is 6. The number of halogens is 4. The first-order valence-corrected chi connectivity index (χ1v) is 8.60. The van der Waals surface area contributed by atoms with Gasteiger partial charge in [0, 0.05) is 31.5 Å². The third-order valence-electron chi connectivity index (χ3n) is 3.99. The minimum atomic E-state index is -4.51. The van der Waals surface area contributed by atoms with Crippen molar-refractivity contribution in [3.63, 3.8) is 0 Å². The Kier molecular flexibility index (Phi) is 6.73. The topological polar surface area (TPSA) is 35.6 Å². The molecule has 2 aromatic carbocycles. The second-order valence-corrected chi connectivity index (χ2v) is 6.83. The van der Waals surface area contributed by atoms with E-state index >= 15 is 0 Å². The monoisotopic (exact) mass is 399 g/mol. The largest absolute Gasteiger partial charge is 0.416 e. The Morgan fingerprint density at radius 1 is 1.04 bits per heavy atom. The Balaban J connectivity index is 2.06. The molecule has 8 heteroatoms. The van der Waals surface area contributed by atoms with E-state index in [0.717, 1.165) is 37.0 Å². The maximum Gasteiger partial charge on any atom is 0.416 e. The minimum Gasteiger partial charge on any atom is -0.373 e. The average molecular weight is 400 g/mol. The molecule has 4 nitrogen and oxygen atoms in total. The van der Waals surface area contributed by atoms with Crippen LogP contribution in [0.2, 0.25) is 5.02 Å². The van der Waals surface area contributed by atoms with Gasteiger partial charge in [0.05, 0.1) is 16.1 Å². The van der Waals surface area contributed by atoms with Crippen LogP contribution in [-0.2, 0) is 6.18 Å². The summed E-state index contributed by atoms with van der Waals surface area (Å²) >= 11 is 5.85. The van der Waals surface area contributed by atoms with Gasteiger partial charge in [0.25, 0.3) is 5.91 Å². The number of alkyl halides is 3. The summed E-state index contributed by atoms with van der Waals surface area (Å²) in [5.41, 5.74) is 0.606. The van der Waals surface area contributed by atoms with E-state index in [9.17, 15) is 18.0 Å². The molecule has 0 aliphatic heterocycles. The highest BCUT2D eigenvalue weighted by Crippen LogP contribution is 2.32. The van der Waals surface area contributed by atoms with Crippen molar-refractivity contribution in [2.45, 2.75) is 6.18 Å². The van der Waals surface area contributed by atoms with Crippen molar-refractivity contribution in [2.24, 2.45) is 0 Å². The van der Waals surface area contributed by atoms with Crippen molar-refractivity contribution in [1.82, 2.24) is 4.90 Å². The molecular formula is C19H21ClF3N3O. The van der Waals surface area contributed by atoms with Crippen LogP contribution < -0.4 is 10.2 Å². The molecule has 0 saturated carbocycles. The van der Waals surface area contributed by atoms with E-state index in [2.05, 4.69) is 15.1 Å². The van der Waals surface area contributed by atoms with Gasteiger partial charge in [-0.1, -0.05) is 11.6 Å². The fourth-order valence-corrected chi connectivity index (χ4v) is 2.62. The first kappa shape index (κ1) is 21.1. The number of amides is 1. The Morgan fingerprint density at radius 3 is 2.19 bits per heavy atom. The van der Waals surface area contributed by atoms with E-state index < -0.39 is 17.6 Å². The lowest BCUT2D eigenvalue weighted by Gasteiger charge is -2.21. The van der Waals surface area contributed by atoms with Gasteiger partial charge < -0.3 is 15.1 Å². The van der Waals surface area contributed by atoms with E-state index in [4.69, 9.17) is 11.6 Å². The van der Waals surface area contributed by atoms with Crippen molar-refractivity contribution < 1.29 is 18.0 Å². The smallest absolute Gasteiger partial charge is 0.373 e. The van der Waals surface area contributed by atoms with Crippen LogP contribution in [0.5, 0.6) is 0 Å². The molecule has 27 heavy (non-hydrogen) atoms. The lowest BCUT2D eigenvalue weighted by molar-refractivity contribution is -0.137. The van der Waals surface area contributed by atoms with Crippen LogP contribution in [0.15, 0.2) is 42.5 Å². The lowest BCUT2D eigenvalue weighted by atomic mass is 10.1. The van der Waals surface area contributed by atoms with E-state index in [1.807, 2.05) is 33.3 Å². The van der Waals surface area contributed by atoms with Gasteiger partial charge in [-0.3, -0.25) is 4.79 Å². The highest BCUT2D eigenvalue weighted by atomic mass is 35.5. The zero-order valence-corrected chi connectivity index (χ0v) is 16.0. The van der Waals surface area contributed by atoms with Crippen molar-refractivity contribution >= 4 is 28.9 Å². The van der Waals surface area contributed by atoms with Crippen LogP contribution in [-0.4, -0.2) is 45.0 Å². The number of hydrogen-bond donors (Lipinski definition) is 1. The summed E-state index contributed by atoms with van der Waals surface area (Å²) in [5, 5.41) is 2.39. The molecule has 0 fully saturated rings. The fourth-order valence-electron chi connectivity index (χ4n) is 2.35. The first-order chi connectivity index (χ1) is 12.6. The van der Waals surface area contributed by atoms with E-state index in [1.165, 1.54) is 0 Å². The number of nitrogens with one attached hydrogen (secondary N) is 1. The van der Waals surface area contributed by atoms with E-state index in [1.54, 1.807) is 12.1 Å². The molecule has 0 spiro atoms. The minimum absolute atomic E-state index is 0.0168. The fraction of sp³-hybridized carbons (Fsp3) is 0.316. The molecule has 1 N–H and O–H groups in total. The van der Waals surface area contributed by atoms with Crippen LogP contribution >= 0.6 is 11.6 Å². The molecule has 2 aromatic rings. The summed E-state index contributed by atoms with van der Waals surface area (Å²) in [6.45, 7) is 1.75. The zero-order chi connectivity index (χ0) is 20.2. The lowest BCUT2D eigenvalue weighted by Crippen LogP contribution is -2.28. The van der Waals surface area contributed by atoms with Gasteiger partial charge in [-0.15, -0.1) is 0 Å². The third-order valence-corrected chi connectivity index (χ3v) is 4.30. The van der Waals surface area contributed by atoms with Gasteiger partial charge >= 0.3 is 6.18 Å². The predicted molar refractivity (Wildman–Crippen MR) is 103 cm³/mol. The number of benzene rings is 2. The molecule has 0 heterocycles. The number of likely N-dealkylation sites (N-methyl/N-ethyl adjacent to an activating group) is 2. The summed E-state index contributed by atoms with van der Waals surface area (Å²) in [6.07, 6.45) is -4.51. The van der Waals surface area contributed by atoms with Crippen molar-refractivity contribution in [1.29, 1.82) is 0 Å². The molecule has 1 amide bonds. The van der Waals surface area contributed by atoms with Crippen LogP contribution in [0.4, 0.5) is 24.5 Å². The van der Waals surface area contributed by atoms with Gasteiger partial charge in [0.15, 0.2) is 0 Å². The zero-order valence-electron chi connectivity index (χ0n) is 15.3. The number of hydrogen-bond acceptors (Lipinski definition) is 3. The molecule has 0 radical (unpaired) electrons. The molecule has 0 bridgehead atoms. The Hall–Kier alpha value is -2.25. The molecular weight excluding hydrogens is 379 g/mol. The highest BCUT2D eigenvalue weighted by molar-refractivity contribution is 6.34. The Labute approximate surface area is 161 Å². The molecule has 0 aliphatic carbocycles. The summed E-state index contributed by atoms with van der Waals surface area (Å²) in [7, 11) is 5.97. The number of carbonyl (C=O) groups excluding carboxylic acids is 1. The number of anilines is 2. The summed E-state index contributed by atoms with van der Waals surface area (Å²) in [5.74, 6) is -0.567. The molecule has 0 atom stereocenters. The predicted octanol–water partition coefficient (Wildman–Crippen LogP) is 4.61. The highest BCUT2D eigenvalue weighted by Gasteiger charge is 2.31. The number of carbonyl (C=O) groups is 1. The standard InChI is InChI=1S/C19H21ClF3N3O/c1-25(2)10-11-26(3)15-7-5-14(6-8-15)24-18(27)16-9-4-13(12-17(16)20)19(21,22)23/h4-9,12H,10-11H2,1-3H3,(H,24,27). The van der Waals surface area contributed by atoms with Crippen molar-refractivity contribution in [3.8, 4) is 0 Å². The van der Waals surface area contributed by atoms with Gasteiger partial charge in [-0.25, -0.2) is 0 Å². The maximum atomic E-state index is 12.7. The summed E-state index contributed by atoms with van der Waals surface area (Å²) in [4.78, 5) is 16.5. The van der Waals surface area contributed by atoms with Crippen molar-refractivity contribution in [2.75, 3.05) is 44.4 Å². The summed E-state index contributed by atoms with van der Waals surface area (Å²) < 4.78 is 38.1. The normalized spacial score (nSPS) is 11.6. The van der Waals surface area contributed by atoms with E-state index in [-0.39, 0.29) is 10.6 Å². The van der Waals surface area contributed by atoms with Gasteiger partial charge in [-0.2, -0.15) is 13.2 Å². The second-order valence-electron chi connectivity index (χ2n) is 6.42. The molecule has 0 unspecified atom stereocenters. The third kappa shape index (κ3) is 5.87. The first-order valence-electron chi connectivity index (χ1n) is 8.22. The van der Waals surface area contributed by atoms with Crippen LogP contribution in [0.1, 0.15) is 15.9 Å². The van der Waals surface area contributed by atoms with Crippen LogP contribution in [0, 0.1) is 0 Å². The van der Waals surface area contributed by atoms with Gasteiger partial charge in [0.2, 0.25) is 0 Å².